The molecule has 3 N–H and O–H groups in total. The summed E-state index contributed by atoms with van der Waals surface area (Å²) < 4.78 is 22.6. The van der Waals surface area contributed by atoms with Crippen molar-refractivity contribution in [1.29, 1.82) is 0 Å². The third-order valence-corrected chi connectivity index (χ3v) is 7.24. The van der Waals surface area contributed by atoms with Gasteiger partial charge in [0.15, 0.2) is 11.2 Å². The zero-order valence-electron chi connectivity index (χ0n) is 20.5. The molecular weight excluding hydrogens is 464 g/mol. The summed E-state index contributed by atoms with van der Waals surface area (Å²) in [5.41, 5.74) is 3.79. The molecule has 4 rings (SSSR count). The Morgan fingerprint density at radius 1 is 0.943 bits per heavy atom. The molecule has 9 heteroatoms. The van der Waals surface area contributed by atoms with Gasteiger partial charge < -0.3 is 15.0 Å². The second-order valence-electron chi connectivity index (χ2n) is 10.2. The van der Waals surface area contributed by atoms with Gasteiger partial charge in [-0.15, -0.1) is 0 Å². The van der Waals surface area contributed by atoms with E-state index in [4.69, 9.17) is 4.74 Å². The number of hydrogen-bond acceptors (Lipinski definition) is 4. The van der Waals surface area contributed by atoms with Crippen molar-refractivity contribution in [3.05, 3.63) is 65.2 Å². The zero-order valence-corrected chi connectivity index (χ0v) is 21.3. The lowest BCUT2D eigenvalue weighted by molar-refractivity contribution is 0.0571. The minimum Gasteiger partial charge on any atom is -0.443 e. The third kappa shape index (κ3) is 7.05. The molecule has 3 amide bonds. The molecule has 1 atom stereocenters. The van der Waals surface area contributed by atoms with Gasteiger partial charge in [0.05, 0.1) is 0 Å². The van der Waals surface area contributed by atoms with E-state index in [9.17, 15) is 13.8 Å². The lowest BCUT2D eigenvalue weighted by Gasteiger charge is -2.29. The van der Waals surface area contributed by atoms with Crippen LogP contribution in [0.3, 0.4) is 0 Å². The molecule has 1 saturated carbocycles. The molecule has 188 valence electrons. The Labute approximate surface area is 209 Å². The van der Waals surface area contributed by atoms with E-state index in [1.165, 1.54) is 16.7 Å². The average molecular weight is 499 g/mol. The van der Waals surface area contributed by atoms with Crippen LogP contribution < -0.4 is 14.8 Å². The molecule has 1 fully saturated rings. The molecule has 8 nitrogen and oxygen atoms in total. The molecule has 0 aromatic heterocycles. The van der Waals surface area contributed by atoms with Crippen LogP contribution in [0.15, 0.2) is 48.5 Å². The van der Waals surface area contributed by atoms with Crippen molar-refractivity contribution in [2.45, 2.75) is 77.1 Å². The van der Waals surface area contributed by atoms with Crippen molar-refractivity contribution < 1.29 is 18.5 Å². The predicted molar refractivity (Wildman–Crippen MR) is 137 cm³/mol. The molecule has 1 aliphatic heterocycles. The van der Waals surface area contributed by atoms with E-state index in [0.717, 1.165) is 31.4 Å². The van der Waals surface area contributed by atoms with E-state index in [-0.39, 0.29) is 12.1 Å². The molecular formula is C26H34N4O4S. The largest absolute Gasteiger partial charge is 0.443 e. The van der Waals surface area contributed by atoms with E-state index in [1.807, 2.05) is 29.2 Å². The van der Waals surface area contributed by atoms with Crippen molar-refractivity contribution in [2.24, 2.45) is 0 Å². The van der Waals surface area contributed by atoms with Gasteiger partial charge in [-0.05, 0) is 81.2 Å². The number of nitrogens with one attached hydrogen (secondary N) is 3. The fourth-order valence-corrected chi connectivity index (χ4v) is 5.41. The summed E-state index contributed by atoms with van der Waals surface area (Å²) in [5.74, 6) is 0.415. The Morgan fingerprint density at radius 2 is 1.54 bits per heavy atom. The highest BCUT2D eigenvalue weighted by molar-refractivity contribution is 7.81. The average Bonchev–Trinajstić information content (AvgIpc) is 3.23. The highest BCUT2D eigenvalue weighted by Crippen LogP contribution is 2.33. The normalized spacial score (nSPS) is 20.6. The first kappa shape index (κ1) is 25.2. The van der Waals surface area contributed by atoms with E-state index >= 15 is 0 Å². The summed E-state index contributed by atoms with van der Waals surface area (Å²) in [7, 11) is 0. The van der Waals surface area contributed by atoms with Gasteiger partial charge in [-0.2, -0.15) is 0 Å². The van der Waals surface area contributed by atoms with E-state index < -0.39 is 22.9 Å². The standard InChI is InChI=1S/C26H34N4O4S/c1-26(2,3)34-25(32)29-35(33)28-23-14-10-19(11-15-23)18-8-12-22(13-9-18)27-24(31)30-16-20-6-4-5-7-21(20)17-30/h4-9,12-13,19,23,28H,10-11,14-17H2,1-3H3,(H,27,31)(H,29,32). The number of benzene rings is 2. The van der Waals surface area contributed by atoms with Gasteiger partial charge in [0.2, 0.25) is 0 Å². The van der Waals surface area contributed by atoms with Crippen LogP contribution in [-0.2, 0) is 29.0 Å². The number of ether oxygens (including phenoxy) is 1. The van der Waals surface area contributed by atoms with E-state index in [1.54, 1.807) is 20.8 Å². The summed E-state index contributed by atoms with van der Waals surface area (Å²) >= 11 is -1.68. The maximum atomic E-state index is 12.7. The second-order valence-corrected chi connectivity index (χ2v) is 11.2. The van der Waals surface area contributed by atoms with Gasteiger partial charge in [-0.1, -0.05) is 36.4 Å². The van der Waals surface area contributed by atoms with Gasteiger partial charge in [0.1, 0.15) is 5.60 Å². The zero-order chi connectivity index (χ0) is 25.0. The topological polar surface area (TPSA) is 99.8 Å². The first-order chi connectivity index (χ1) is 16.7. The van der Waals surface area contributed by atoms with Gasteiger partial charge in [-0.25, -0.2) is 23.2 Å². The van der Waals surface area contributed by atoms with Crippen LogP contribution in [0.1, 0.15) is 69.1 Å². The van der Waals surface area contributed by atoms with Crippen LogP contribution in [-0.4, -0.2) is 32.9 Å². The number of rotatable bonds is 5. The van der Waals surface area contributed by atoms with Crippen LogP contribution in [0.25, 0.3) is 0 Å². The van der Waals surface area contributed by atoms with Crippen LogP contribution in [0, 0.1) is 0 Å². The number of nitrogens with zero attached hydrogens (tertiary/aromatic N) is 1. The number of carbonyl (C=O) groups excluding carboxylic acids is 2. The predicted octanol–water partition coefficient (Wildman–Crippen LogP) is 4.95. The van der Waals surface area contributed by atoms with Crippen LogP contribution in [0.4, 0.5) is 15.3 Å². The first-order valence-electron chi connectivity index (χ1n) is 12.1. The Balaban J connectivity index is 1.21. The highest BCUT2D eigenvalue weighted by atomic mass is 32.2. The van der Waals surface area contributed by atoms with Gasteiger partial charge >= 0.3 is 12.1 Å². The van der Waals surface area contributed by atoms with Crippen molar-refractivity contribution >= 4 is 29.0 Å². The van der Waals surface area contributed by atoms with Crippen molar-refractivity contribution in [3.63, 3.8) is 0 Å². The minimum atomic E-state index is -1.68. The fourth-order valence-electron chi connectivity index (χ4n) is 4.62. The molecule has 1 aliphatic carbocycles. The summed E-state index contributed by atoms with van der Waals surface area (Å²) in [4.78, 5) is 26.3. The molecule has 0 bridgehead atoms. The summed E-state index contributed by atoms with van der Waals surface area (Å²) in [5, 5.41) is 3.01. The van der Waals surface area contributed by atoms with E-state index in [0.29, 0.717) is 19.0 Å². The first-order valence-corrected chi connectivity index (χ1v) is 13.2. The smallest absolute Gasteiger partial charge is 0.420 e. The second kappa shape index (κ2) is 10.8. The van der Waals surface area contributed by atoms with Crippen molar-refractivity contribution in [3.8, 4) is 0 Å². The quantitative estimate of drug-likeness (QED) is 0.543. The lowest BCUT2D eigenvalue weighted by atomic mass is 9.82. The Hall–Kier alpha value is -2.91. The maximum Gasteiger partial charge on any atom is 0.420 e. The maximum absolute atomic E-state index is 12.7. The van der Waals surface area contributed by atoms with Crippen LogP contribution in [0.5, 0.6) is 0 Å². The van der Waals surface area contributed by atoms with Crippen LogP contribution >= 0.6 is 0 Å². The number of urea groups is 1. The summed E-state index contributed by atoms with van der Waals surface area (Å²) in [6.07, 6.45) is 2.94. The SMILES string of the molecule is CC(C)(C)OC(=O)NS(=O)NC1CCC(c2ccc(NC(=O)N3Cc4ccccc4C3)cc2)CC1. The fraction of sp³-hybridized carbons (Fsp3) is 0.462. The number of amides is 3. The molecule has 0 radical (unpaired) electrons. The number of carbonyl (C=O) groups is 2. The lowest BCUT2D eigenvalue weighted by Crippen LogP contribution is -2.43. The monoisotopic (exact) mass is 498 g/mol. The number of fused-ring (bicyclic) bond motifs is 1. The van der Waals surface area contributed by atoms with Crippen LogP contribution in [0.2, 0.25) is 0 Å². The Kier molecular flexibility index (Phi) is 7.76. The molecule has 0 spiro atoms. The minimum absolute atomic E-state index is 0.0742. The number of anilines is 1. The van der Waals surface area contributed by atoms with Gasteiger partial charge in [0.25, 0.3) is 0 Å². The molecule has 2 aromatic rings. The molecule has 35 heavy (non-hydrogen) atoms. The van der Waals surface area contributed by atoms with Crippen molar-refractivity contribution in [1.82, 2.24) is 14.3 Å². The Morgan fingerprint density at radius 3 is 2.11 bits per heavy atom. The molecule has 1 unspecified atom stereocenters. The molecule has 2 aromatic carbocycles. The molecule has 1 heterocycles. The van der Waals surface area contributed by atoms with Gasteiger partial charge in [-0.3, -0.25) is 0 Å². The molecule has 2 aliphatic rings. The summed E-state index contributed by atoms with van der Waals surface area (Å²) in [6, 6.07) is 16.2. The third-order valence-electron chi connectivity index (χ3n) is 6.34. The van der Waals surface area contributed by atoms with Gasteiger partial charge in [0, 0.05) is 24.8 Å². The number of hydrogen-bond donors (Lipinski definition) is 3. The molecule has 0 saturated heterocycles. The Bertz CT molecular complexity index is 1050. The van der Waals surface area contributed by atoms with E-state index in [2.05, 4.69) is 39.0 Å². The summed E-state index contributed by atoms with van der Waals surface area (Å²) in [6.45, 7) is 6.55. The van der Waals surface area contributed by atoms with Crippen molar-refractivity contribution in [2.75, 3.05) is 5.32 Å². The highest BCUT2D eigenvalue weighted by Gasteiger charge is 2.26.